The zero-order valence-corrected chi connectivity index (χ0v) is 15.7. The van der Waals surface area contributed by atoms with Crippen LogP contribution in [0.15, 0.2) is 42.7 Å². The van der Waals surface area contributed by atoms with Crippen LogP contribution in [0.4, 0.5) is 0 Å². The fourth-order valence-electron chi connectivity index (χ4n) is 2.50. The van der Waals surface area contributed by atoms with Crippen molar-refractivity contribution >= 4 is 29.1 Å². The maximum absolute atomic E-state index is 12.6. The van der Waals surface area contributed by atoms with E-state index in [4.69, 9.17) is 23.2 Å². The second-order valence-corrected chi connectivity index (χ2v) is 6.74. The second-order valence-electron chi connectivity index (χ2n) is 5.92. The van der Waals surface area contributed by atoms with Crippen LogP contribution in [-0.2, 0) is 6.54 Å². The minimum Gasteiger partial charge on any atom is -0.505 e. The Kier molecular flexibility index (Phi) is 5.15. The Morgan fingerprint density at radius 1 is 1.23 bits per heavy atom. The maximum atomic E-state index is 12.6. The molecule has 0 aliphatic carbocycles. The van der Waals surface area contributed by atoms with E-state index >= 15 is 0 Å². The van der Waals surface area contributed by atoms with Crippen LogP contribution in [-0.4, -0.2) is 37.7 Å². The molecule has 134 valence electrons. The molecule has 0 saturated heterocycles. The van der Waals surface area contributed by atoms with Crippen molar-refractivity contribution in [3.8, 4) is 11.4 Å². The number of aromatic hydroxyl groups is 1. The van der Waals surface area contributed by atoms with Gasteiger partial charge in [-0.15, -0.1) is 5.10 Å². The first-order valence-corrected chi connectivity index (χ1v) is 8.52. The van der Waals surface area contributed by atoms with Gasteiger partial charge in [-0.3, -0.25) is 4.79 Å². The van der Waals surface area contributed by atoms with Crippen molar-refractivity contribution < 1.29 is 9.90 Å². The first-order chi connectivity index (χ1) is 12.3. The highest BCUT2D eigenvalue weighted by Gasteiger charge is 2.18. The molecule has 0 unspecified atom stereocenters. The quantitative estimate of drug-likeness (QED) is 0.733. The third kappa shape index (κ3) is 3.81. The van der Waals surface area contributed by atoms with Crippen LogP contribution in [0.5, 0.6) is 5.75 Å². The van der Waals surface area contributed by atoms with Crippen molar-refractivity contribution in [2.24, 2.45) is 0 Å². The smallest absolute Gasteiger partial charge is 0.293 e. The van der Waals surface area contributed by atoms with Crippen molar-refractivity contribution in [1.82, 2.24) is 19.7 Å². The highest BCUT2D eigenvalue weighted by Crippen LogP contribution is 2.33. The highest BCUT2D eigenvalue weighted by molar-refractivity contribution is 6.37. The Morgan fingerprint density at radius 3 is 2.58 bits per heavy atom. The summed E-state index contributed by atoms with van der Waals surface area (Å²) in [4.78, 5) is 18.2. The van der Waals surface area contributed by atoms with E-state index in [1.807, 2.05) is 31.2 Å². The second kappa shape index (κ2) is 7.35. The Labute approximate surface area is 160 Å². The van der Waals surface area contributed by atoms with Gasteiger partial charge in [0.2, 0.25) is 5.82 Å². The summed E-state index contributed by atoms with van der Waals surface area (Å²) in [5, 5.41) is 14.0. The first-order valence-electron chi connectivity index (χ1n) is 7.76. The summed E-state index contributed by atoms with van der Waals surface area (Å²) in [6.07, 6.45) is 1.40. The molecule has 2 aromatic carbocycles. The molecule has 0 bridgehead atoms. The van der Waals surface area contributed by atoms with Crippen LogP contribution in [0.25, 0.3) is 5.69 Å². The number of phenols is 1. The lowest BCUT2D eigenvalue weighted by molar-refractivity contribution is 0.0773. The fraction of sp³-hybridized carbons (Fsp3) is 0.167. The summed E-state index contributed by atoms with van der Waals surface area (Å²) >= 11 is 11.8. The van der Waals surface area contributed by atoms with E-state index in [2.05, 4.69) is 10.1 Å². The summed E-state index contributed by atoms with van der Waals surface area (Å²) in [6, 6.07) is 10.9. The van der Waals surface area contributed by atoms with Crippen LogP contribution in [0.1, 0.15) is 21.7 Å². The molecule has 3 rings (SSSR count). The molecule has 1 amide bonds. The van der Waals surface area contributed by atoms with Crippen LogP contribution in [0.3, 0.4) is 0 Å². The minimum atomic E-state index is -0.304. The lowest BCUT2D eigenvalue weighted by Crippen LogP contribution is -2.27. The zero-order valence-electron chi connectivity index (χ0n) is 14.1. The number of carbonyl (C=O) groups is 1. The fourth-order valence-corrected chi connectivity index (χ4v) is 2.97. The molecule has 0 aliphatic rings. The Balaban J connectivity index is 1.79. The first kappa shape index (κ1) is 18.2. The summed E-state index contributed by atoms with van der Waals surface area (Å²) in [5.74, 6) is -0.451. The molecule has 0 atom stereocenters. The van der Waals surface area contributed by atoms with Gasteiger partial charge in [0, 0.05) is 13.6 Å². The van der Waals surface area contributed by atoms with Gasteiger partial charge in [-0.25, -0.2) is 9.67 Å². The molecule has 0 saturated carbocycles. The van der Waals surface area contributed by atoms with Crippen molar-refractivity contribution in [3.05, 3.63) is 69.7 Å². The van der Waals surface area contributed by atoms with Crippen molar-refractivity contribution in [2.75, 3.05) is 7.05 Å². The largest absolute Gasteiger partial charge is 0.505 e. The predicted molar refractivity (Wildman–Crippen MR) is 100 cm³/mol. The van der Waals surface area contributed by atoms with Crippen LogP contribution in [0, 0.1) is 6.92 Å². The van der Waals surface area contributed by atoms with Gasteiger partial charge in [0.05, 0.1) is 15.7 Å². The molecule has 0 radical (unpaired) electrons. The number of halogens is 2. The van der Waals surface area contributed by atoms with Gasteiger partial charge in [-0.1, -0.05) is 53.0 Å². The summed E-state index contributed by atoms with van der Waals surface area (Å²) in [5.41, 5.74) is 2.65. The molecule has 3 aromatic rings. The van der Waals surface area contributed by atoms with Gasteiger partial charge in [-0.05, 0) is 24.6 Å². The number of aryl methyl sites for hydroxylation is 1. The highest BCUT2D eigenvalue weighted by atomic mass is 35.5. The molecule has 8 heteroatoms. The van der Waals surface area contributed by atoms with E-state index in [9.17, 15) is 9.90 Å². The summed E-state index contributed by atoms with van der Waals surface area (Å²) in [7, 11) is 1.69. The lowest BCUT2D eigenvalue weighted by atomic mass is 10.1. The monoisotopic (exact) mass is 390 g/mol. The van der Waals surface area contributed by atoms with Gasteiger partial charge in [0.1, 0.15) is 6.33 Å². The molecule has 6 nitrogen and oxygen atoms in total. The SMILES string of the molecule is Cc1cccc(CN(C)C(=O)c2ncn(-c3cc(Cl)c(O)c(Cl)c3)n2)c1. The number of hydrogen-bond acceptors (Lipinski definition) is 4. The molecule has 1 N–H and O–H groups in total. The number of rotatable bonds is 4. The van der Waals surface area contributed by atoms with Crippen molar-refractivity contribution in [1.29, 1.82) is 0 Å². The van der Waals surface area contributed by atoms with E-state index in [1.165, 1.54) is 23.1 Å². The number of carbonyl (C=O) groups excluding carboxylic acids is 1. The third-order valence-electron chi connectivity index (χ3n) is 3.80. The topological polar surface area (TPSA) is 71.2 Å². The van der Waals surface area contributed by atoms with Crippen molar-refractivity contribution in [2.45, 2.75) is 13.5 Å². The molecular weight excluding hydrogens is 375 g/mol. The Morgan fingerprint density at radius 2 is 1.92 bits per heavy atom. The van der Waals surface area contributed by atoms with Gasteiger partial charge < -0.3 is 10.0 Å². The van der Waals surface area contributed by atoms with E-state index in [0.29, 0.717) is 12.2 Å². The van der Waals surface area contributed by atoms with Gasteiger partial charge in [-0.2, -0.15) is 0 Å². The van der Waals surface area contributed by atoms with E-state index < -0.39 is 0 Å². The number of nitrogens with zero attached hydrogens (tertiary/aromatic N) is 4. The predicted octanol–water partition coefficient (Wildman–Crippen LogP) is 3.86. The lowest BCUT2D eigenvalue weighted by Gasteiger charge is -2.15. The average Bonchev–Trinajstić information content (AvgIpc) is 3.08. The number of amides is 1. The maximum Gasteiger partial charge on any atom is 0.293 e. The normalized spacial score (nSPS) is 10.8. The van der Waals surface area contributed by atoms with Crippen LogP contribution in [0.2, 0.25) is 10.0 Å². The molecule has 0 spiro atoms. The van der Waals surface area contributed by atoms with E-state index in [1.54, 1.807) is 11.9 Å². The standard InChI is InChI=1S/C18H16Cl2N4O2/c1-11-4-3-5-12(6-11)9-23(2)18(26)17-21-10-24(22-17)13-7-14(19)16(25)15(20)8-13/h3-8,10,25H,9H2,1-2H3. The number of benzene rings is 2. The van der Waals surface area contributed by atoms with Gasteiger partial charge >= 0.3 is 0 Å². The molecule has 1 aromatic heterocycles. The molecule has 0 fully saturated rings. The summed E-state index contributed by atoms with van der Waals surface area (Å²) < 4.78 is 1.38. The summed E-state index contributed by atoms with van der Waals surface area (Å²) in [6.45, 7) is 2.45. The van der Waals surface area contributed by atoms with Gasteiger partial charge in [0.15, 0.2) is 5.75 Å². The number of hydrogen-bond donors (Lipinski definition) is 1. The zero-order chi connectivity index (χ0) is 18.8. The van der Waals surface area contributed by atoms with Crippen molar-refractivity contribution in [3.63, 3.8) is 0 Å². The Bertz CT molecular complexity index is 948. The van der Waals surface area contributed by atoms with Gasteiger partial charge in [0.25, 0.3) is 5.91 Å². The molecule has 0 aliphatic heterocycles. The molecular formula is C18H16Cl2N4O2. The number of aromatic nitrogens is 3. The van der Waals surface area contributed by atoms with E-state index in [0.717, 1.165) is 11.1 Å². The Hall–Kier alpha value is -2.57. The molecule has 1 heterocycles. The van der Waals surface area contributed by atoms with Crippen LogP contribution >= 0.6 is 23.2 Å². The third-order valence-corrected chi connectivity index (χ3v) is 4.37. The van der Waals surface area contributed by atoms with E-state index in [-0.39, 0.29) is 27.5 Å². The minimum absolute atomic E-state index is 0.0560. The number of phenolic OH excluding ortho intramolecular Hbond substituents is 1. The van der Waals surface area contributed by atoms with Crippen LogP contribution < -0.4 is 0 Å². The molecule has 26 heavy (non-hydrogen) atoms. The average molecular weight is 391 g/mol.